The molecule has 0 N–H and O–H groups in total. The van der Waals surface area contributed by atoms with Crippen LogP contribution in [0.5, 0.6) is 0 Å². The van der Waals surface area contributed by atoms with Gasteiger partial charge in [0.2, 0.25) is 0 Å². The molecule has 0 spiro atoms. The number of thioether (sulfide) groups is 1. The van der Waals surface area contributed by atoms with Gasteiger partial charge in [0.15, 0.2) is 6.61 Å². The number of benzene rings is 2. The lowest BCUT2D eigenvalue weighted by atomic mass is 10.2. The zero-order valence-electron chi connectivity index (χ0n) is 14.9. The Labute approximate surface area is 158 Å². The SMILES string of the molecule is CSc1ccc(/C=N\OCC(=O)N2CCN(c3ccccc3)CC2)cc1. The standard InChI is InChI=1S/C20H23N3O2S/c1-26-19-9-7-17(8-10-19)15-21-25-16-20(24)23-13-11-22(12-14-23)18-5-3-2-4-6-18/h2-10,15H,11-14,16H2,1H3/b21-15-. The van der Waals surface area contributed by atoms with Gasteiger partial charge in [-0.05, 0) is 36.1 Å². The van der Waals surface area contributed by atoms with Gasteiger partial charge in [-0.25, -0.2) is 0 Å². The first kappa shape index (κ1) is 18.3. The van der Waals surface area contributed by atoms with Gasteiger partial charge in [-0.3, -0.25) is 4.79 Å². The first-order chi connectivity index (χ1) is 12.8. The van der Waals surface area contributed by atoms with Gasteiger partial charge < -0.3 is 14.6 Å². The predicted molar refractivity (Wildman–Crippen MR) is 107 cm³/mol. The molecule has 136 valence electrons. The molecule has 3 rings (SSSR count). The molecule has 0 aliphatic carbocycles. The lowest BCUT2D eigenvalue weighted by molar-refractivity contribution is -0.136. The largest absolute Gasteiger partial charge is 0.386 e. The molecule has 1 saturated heterocycles. The van der Waals surface area contributed by atoms with Crippen molar-refractivity contribution in [3.63, 3.8) is 0 Å². The Bertz CT molecular complexity index is 726. The fourth-order valence-corrected chi connectivity index (χ4v) is 3.23. The van der Waals surface area contributed by atoms with Gasteiger partial charge in [-0.2, -0.15) is 0 Å². The molecule has 2 aromatic rings. The lowest BCUT2D eigenvalue weighted by Crippen LogP contribution is -2.49. The van der Waals surface area contributed by atoms with Gasteiger partial charge in [0.05, 0.1) is 6.21 Å². The van der Waals surface area contributed by atoms with E-state index in [0.29, 0.717) is 13.1 Å². The summed E-state index contributed by atoms with van der Waals surface area (Å²) in [6.07, 6.45) is 3.67. The van der Waals surface area contributed by atoms with E-state index in [1.807, 2.05) is 53.6 Å². The maximum absolute atomic E-state index is 12.2. The number of oxime groups is 1. The van der Waals surface area contributed by atoms with Crippen molar-refractivity contribution in [1.82, 2.24) is 4.90 Å². The van der Waals surface area contributed by atoms with E-state index in [4.69, 9.17) is 4.84 Å². The molecule has 26 heavy (non-hydrogen) atoms. The Hall–Kier alpha value is -2.47. The quantitative estimate of drug-likeness (QED) is 0.446. The molecule has 1 heterocycles. The van der Waals surface area contributed by atoms with Crippen molar-refractivity contribution >= 4 is 29.6 Å². The van der Waals surface area contributed by atoms with Crippen LogP contribution in [0.2, 0.25) is 0 Å². The van der Waals surface area contributed by atoms with Gasteiger partial charge in [0, 0.05) is 36.8 Å². The maximum atomic E-state index is 12.2. The molecule has 6 heteroatoms. The fraction of sp³-hybridized carbons (Fsp3) is 0.300. The van der Waals surface area contributed by atoms with Crippen molar-refractivity contribution in [2.75, 3.05) is 43.9 Å². The number of piperazine rings is 1. The molecular formula is C20H23N3O2S. The van der Waals surface area contributed by atoms with Crippen LogP contribution in [-0.2, 0) is 9.63 Å². The summed E-state index contributed by atoms with van der Waals surface area (Å²) in [6, 6.07) is 18.3. The van der Waals surface area contributed by atoms with E-state index in [9.17, 15) is 4.79 Å². The summed E-state index contributed by atoms with van der Waals surface area (Å²) in [5.41, 5.74) is 2.15. The van der Waals surface area contributed by atoms with Gasteiger partial charge in [0.1, 0.15) is 0 Å². The van der Waals surface area contributed by atoms with Crippen molar-refractivity contribution in [2.45, 2.75) is 4.90 Å². The number of carbonyl (C=O) groups excluding carboxylic acids is 1. The molecular weight excluding hydrogens is 346 g/mol. The Balaban J connectivity index is 1.41. The van der Waals surface area contributed by atoms with Crippen LogP contribution in [-0.4, -0.2) is 56.1 Å². The number of rotatable bonds is 6. The van der Waals surface area contributed by atoms with E-state index < -0.39 is 0 Å². The number of hydrogen-bond acceptors (Lipinski definition) is 5. The van der Waals surface area contributed by atoms with Crippen molar-refractivity contribution in [1.29, 1.82) is 0 Å². The summed E-state index contributed by atoms with van der Waals surface area (Å²) < 4.78 is 0. The Morgan fingerprint density at radius 2 is 1.77 bits per heavy atom. The molecule has 1 fully saturated rings. The molecule has 0 radical (unpaired) electrons. The molecule has 0 atom stereocenters. The van der Waals surface area contributed by atoms with E-state index in [0.717, 1.165) is 18.7 Å². The minimum absolute atomic E-state index is 0.0207. The molecule has 1 aliphatic rings. The van der Waals surface area contributed by atoms with E-state index in [-0.39, 0.29) is 12.5 Å². The summed E-state index contributed by atoms with van der Waals surface area (Å²) in [5, 5.41) is 3.90. The smallest absolute Gasteiger partial charge is 0.263 e. The highest BCUT2D eigenvalue weighted by molar-refractivity contribution is 7.98. The normalized spacial score (nSPS) is 14.7. The van der Waals surface area contributed by atoms with Crippen molar-refractivity contribution < 1.29 is 9.63 Å². The van der Waals surface area contributed by atoms with Crippen LogP contribution >= 0.6 is 11.8 Å². The number of amides is 1. The van der Waals surface area contributed by atoms with Crippen LogP contribution < -0.4 is 4.90 Å². The minimum atomic E-state index is -0.0231. The van der Waals surface area contributed by atoms with Crippen LogP contribution in [0.25, 0.3) is 0 Å². The molecule has 5 nitrogen and oxygen atoms in total. The highest BCUT2D eigenvalue weighted by atomic mass is 32.2. The van der Waals surface area contributed by atoms with Gasteiger partial charge in [-0.1, -0.05) is 35.5 Å². The van der Waals surface area contributed by atoms with Crippen LogP contribution in [0.4, 0.5) is 5.69 Å². The zero-order valence-corrected chi connectivity index (χ0v) is 15.7. The minimum Gasteiger partial charge on any atom is -0.386 e. The lowest BCUT2D eigenvalue weighted by Gasteiger charge is -2.35. The number of para-hydroxylation sites is 1. The average Bonchev–Trinajstić information content (AvgIpc) is 2.72. The maximum Gasteiger partial charge on any atom is 0.263 e. The summed E-state index contributed by atoms with van der Waals surface area (Å²) in [6.45, 7) is 3.06. The molecule has 1 aliphatic heterocycles. The fourth-order valence-electron chi connectivity index (χ4n) is 2.82. The number of hydrogen-bond donors (Lipinski definition) is 0. The summed E-state index contributed by atoms with van der Waals surface area (Å²) in [5.74, 6) is -0.0207. The van der Waals surface area contributed by atoms with Crippen molar-refractivity contribution in [2.24, 2.45) is 5.16 Å². The Morgan fingerprint density at radius 3 is 2.42 bits per heavy atom. The first-order valence-electron chi connectivity index (χ1n) is 8.63. The van der Waals surface area contributed by atoms with Crippen LogP contribution in [0.1, 0.15) is 5.56 Å². The topological polar surface area (TPSA) is 45.1 Å². The van der Waals surface area contributed by atoms with Gasteiger partial charge >= 0.3 is 0 Å². The Morgan fingerprint density at radius 1 is 1.08 bits per heavy atom. The van der Waals surface area contributed by atoms with Crippen molar-refractivity contribution in [3.8, 4) is 0 Å². The van der Waals surface area contributed by atoms with Crippen LogP contribution in [0.3, 0.4) is 0 Å². The third-order valence-corrected chi connectivity index (χ3v) is 5.08. The van der Waals surface area contributed by atoms with E-state index in [1.54, 1.807) is 18.0 Å². The molecule has 2 aromatic carbocycles. The number of anilines is 1. The molecule has 0 aromatic heterocycles. The molecule has 1 amide bonds. The summed E-state index contributed by atoms with van der Waals surface area (Å²) >= 11 is 1.69. The van der Waals surface area contributed by atoms with Crippen LogP contribution in [0, 0.1) is 0 Å². The second-order valence-electron chi connectivity index (χ2n) is 5.98. The van der Waals surface area contributed by atoms with Crippen molar-refractivity contribution in [3.05, 3.63) is 60.2 Å². The second-order valence-corrected chi connectivity index (χ2v) is 6.86. The third-order valence-electron chi connectivity index (χ3n) is 4.33. The third kappa shape index (κ3) is 5.02. The molecule has 0 saturated carbocycles. The number of nitrogens with zero attached hydrogens (tertiary/aromatic N) is 3. The summed E-state index contributed by atoms with van der Waals surface area (Å²) in [7, 11) is 0. The van der Waals surface area contributed by atoms with E-state index in [1.165, 1.54) is 10.6 Å². The first-order valence-corrected chi connectivity index (χ1v) is 9.86. The second kappa shape index (κ2) is 9.29. The monoisotopic (exact) mass is 369 g/mol. The van der Waals surface area contributed by atoms with Gasteiger partial charge in [0.25, 0.3) is 5.91 Å². The highest BCUT2D eigenvalue weighted by Crippen LogP contribution is 2.16. The van der Waals surface area contributed by atoms with E-state index >= 15 is 0 Å². The van der Waals surface area contributed by atoms with Gasteiger partial charge in [-0.15, -0.1) is 11.8 Å². The zero-order chi connectivity index (χ0) is 18.2. The Kier molecular flexibility index (Phi) is 6.55. The summed E-state index contributed by atoms with van der Waals surface area (Å²) in [4.78, 5) is 22.8. The van der Waals surface area contributed by atoms with Crippen LogP contribution in [0.15, 0.2) is 64.6 Å². The molecule has 0 bridgehead atoms. The van der Waals surface area contributed by atoms with E-state index in [2.05, 4.69) is 22.2 Å². The average molecular weight is 369 g/mol. The molecule has 0 unspecified atom stereocenters. The predicted octanol–water partition coefficient (Wildman–Crippen LogP) is 3.11. The highest BCUT2D eigenvalue weighted by Gasteiger charge is 2.21. The number of carbonyl (C=O) groups is 1.